The first-order valence-corrected chi connectivity index (χ1v) is 11.8. The van der Waals surface area contributed by atoms with Crippen LogP contribution < -0.4 is 0 Å². The molecule has 0 radical (unpaired) electrons. The van der Waals surface area contributed by atoms with Crippen LogP contribution in [0, 0.1) is 17.5 Å². The molecule has 2 aromatic carbocycles. The Morgan fingerprint density at radius 2 is 1.57 bits per heavy atom. The van der Waals surface area contributed by atoms with Gasteiger partial charge in [0.2, 0.25) is 15.9 Å². The fourth-order valence-electron chi connectivity index (χ4n) is 3.20. The van der Waals surface area contributed by atoms with Gasteiger partial charge in [-0.15, -0.1) is 11.8 Å². The zero-order valence-electron chi connectivity index (χ0n) is 16.2. The van der Waals surface area contributed by atoms with Crippen LogP contribution in [0.25, 0.3) is 0 Å². The second-order valence-corrected chi connectivity index (χ2v) is 10.1. The summed E-state index contributed by atoms with van der Waals surface area (Å²) in [6.45, 7) is 2.29. The number of carbonyl (C=O) groups excluding carboxylic acids is 1. The molecule has 1 fully saturated rings. The minimum atomic E-state index is -3.76. The van der Waals surface area contributed by atoms with Gasteiger partial charge in [-0.3, -0.25) is 4.79 Å². The number of thioether (sulfide) groups is 1. The maximum atomic E-state index is 13.9. The first-order valence-electron chi connectivity index (χ1n) is 9.29. The van der Waals surface area contributed by atoms with E-state index in [1.165, 1.54) is 39.5 Å². The highest BCUT2D eigenvalue weighted by atomic mass is 32.2. The minimum absolute atomic E-state index is 0.0000266. The zero-order chi connectivity index (χ0) is 21.9. The van der Waals surface area contributed by atoms with E-state index in [9.17, 15) is 26.4 Å². The van der Waals surface area contributed by atoms with Crippen LogP contribution in [0.3, 0.4) is 0 Å². The lowest BCUT2D eigenvalue weighted by atomic mass is 10.1. The van der Waals surface area contributed by atoms with E-state index in [0.717, 1.165) is 23.9 Å². The summed E-state index contributed by atoms with van der Waals surface area (Å²) in [4.78, 5) is 14.0. The Labute approximate surface area is 177 Å². The molecule has 1 atom stereocenters. The standard InChI is InChI=1S/C20H21F3N2O3S2/c1-14(20-17(22)3-2-4-18(20)23)29-13-19(26)24-9-11-25(12-10-24)30(27,28)16-7-5-15(21)6-8-16/h2-8,14H,9-13H2,1H3. The Morgan fingerprint density at radius 3 is 2.13 bits per heavy atom. The van der Waals surface area contributed by atoms with Gasteiger partial charge in [0.05, 0.1) is 10.6 Å². The first-order chi connectivity index (χ1) is 14.2. The Hall–Kier alpha value is -2.04. The fraction of sp³-hybridized carbons (Fsp3) is 0.350. The third-order valence-electron chi connectivity index (χ3n) is 4.91. The molecule has 0 aliphatic carbocycles. The molecule has 1 saturated heterocycles. The number of piperazine rings is 1. The summed E-state index contributed by atoms with van der Waals surface area (Å²) in [7, 11) is -3.76. The van der Waals surface area contributed by atoms with Gasteiger partial charge < -0.3 is 4.90 Å². The number of hydrogen-bond donors (Lipinski definition) is 0. The van der Waals surface area contributed by atoms with Crippen molar-refractivity contribution >= 4 is 27.7 Å². The monoisotopic (exact) mass is 458 g/mol. The van der Waals surface area contributed by atoms with Crippen molar-refractivity contribution in [3.8, 4) is 0 Å². The highest BCUT2D eigenvalue weighted by Gasteiger charge is 2.30. The average molecular weight is 459 g/mol. The minimum Gasteiger partial charge on any atom is -0.339 e. The maximum absolute atomic E-state index is 13.9. The van der Waals surface area contributed by atoms with Crippen LogP contribution in [0.15, 0.2) is 47.4 Å². The SMILES string of the molecule is CC(SCC(=O)N1CCN(S(=O)(=O)c2ccc(F)cc2)CC1)c1c(F)cccc1F. The number of halogens is 3. The summed E-state index contributed by atoms with van der Waals surface area (Å²) in [6, 6.07) is 8.24. The maximum Gasteiger partial charge on any atom is 0.243 e. The van der Waals surface area contributed by atoms with E-state index in [4.69, 9.17) is 0 Å². The van der Waals surface area contributed by atoms with Crippen LogP contribution in [0.2, 0.25) is 0 Å². The number of hydrogen-bond acceptors (Lipinski definition) is 4. The molecule has 0 saturated carbocycles. The van der Waals surface area contributed by atoms with E-state index in [1.54, 1.807) is 6.92 Å². The van der Waals surface area contributed by atoms with Crippen molar-refractivity contribution < 1.29 is 26.4 Å². The third kappa shape index (κ3) is 4.98. The molecule has 1 unspecified atom stereocenters. The van der Waals surface area contributed by atoms with Crippen LogP contribution in [0.5, 0.6) is 0 Å². The number of amides is 1. The molecule has 1 amide bonds. The van der Waals surface area contributed by atoms with Crippen molar-refractivity contribution in [3.63, 3.8) is 0 Å². The van der Waals surface area contributed by atoms with Gasteiger partial charge in [0.15, 0.2) is 0 Å². The molecule has 0 aromatic heterocycles. The fourth-order valence-corrected chi connectivity index (χ4v) is 5.59. The van der Waals surface area contributed by atoms with Crippen molar-refractivity contribution in [2.75, 3.05) is 31.9 Å². The van der Waals surface area contributed by atoms with Crippen LogP contribution >= 0.6 is 11.8 Å². The number of rotatable bonds is 6. The van der Waals surface area contributed by atoms with Crippen molar-refractivity contribution in [3.05, 3.63) is 65.5 Å². The van der Waals surface area contributed by atoms with Gasteiger partial charge in [0.25, 0.3) is 0 Å². The van der Waals surface area contributed by atoms with Gasteiger partial charge >= 0.3 is 0 Å². The number of carbonyl (C=O) groups is 1. The molecule has 5 nitrogen and oxygen atoms in total. The average Bonchev–Trinajstić information content (AvgIpc) is 2.72. The summed E-state index contributed by atoms with van der Waals surface area (Å²) in [5.41, 5.74) is -0.0643. The van der Waals surface area contributed by atoms with E-state index in [1.807, 2.05) is 0 Å². The molecule has 0 spiro atoms. The van der Waals surface area contributed by atoms with Gasteiger partial charge in [0, 0.05) is 37.0 Å². The molecule has 1 aliphatic rings. The van der Waals surface area contributed by atoms with Crippen molar-refractivity contribution in [1.82, 2.24) is 9.21 Å². The second kappa shape index (κ2) is 9.40. The van der Waals surface area contributed by atoms with Crippen LogP contribution in [0.1, 0.15) is 17.7 Å². The summed E-state index contributed by atoms with van der Waals surface area (Å²) in [5.74, 6) is -2.02. The second-order valence-electron chi connectivity index (χ2n) is 6.83. The predicted octanol–water partition coefficient (Wildman–Crippen LogP) is 3.43. The topological polar surface area (TPSA) is 57.7 Å². The molecule has 1 heterocycles. The zero-order valence-corrected chi connectivity index (χ0v) is 17.9. The first kappa shape index (κ1) is 22.6. The van der Waals surface area contributed by atoms with Gasteiger partial charge in [-0.1, -0.05) is 6.07 Å². The number of nitrogens with zero attached hydrogens (tertiary/aromatic N) is 2. The van der Waals surface area contributed by atoms with Crippen molar-refractivity contribution in [2.24, 2.45) is 0 Å². The van der Waals surface area contributed by atoms with E-state index in [-0.39, 0.29) is 48.3 Å². The Morgan fingerprint density at radius 1 is 1.00 bits per heavy atom. The molecule has 3 rings (SSSR count). The highest BCUT2D eigenvalue weighted by molar-refractivity contribution is 8.00. The molecular formula is C20H21F3N2O3S2. The molecule has 0 N–H and O–H groups in total. The lowest BCUT2D eigenvalue weighted by Gasteiger charge is -2.34. The number of benzene rings is 2. The summed E-state index contributed by atoms with van der Waals surface area (Å²) in [5, 5.41) is -0.546. The van der Waals surface area contributed by atoms with Crippen LogP contribution in [-0.4, -0.2) is 55.5 Å². The molecule has 30 heavy (non-hydrogen) atoms. The van der Waals surface area contributed by atoms with E-state index in [0.29, 0.717) is 0 Å². The Bertz CT molecular complexity index is 988. The van der Waals surface area contributed by atoms with Crippen LogP contribution in [-0.2, 0) is 14.8 Å². The molecule has 10 heteroatoms. The molecule has 0 bridgehead atoms. The summed E-state index contributed by atoms with van der Waals surface area (Å²) >= 11 is 1.13. The normalized spacial score (nSPS) is 16.5. The quantitative estimate of drug-likeness (QED) is 0.666. The van der Waals surface area contributed by atoms with Crippen LogP contribution in [0.4, 0.5) is 13.2 Å². The van der Waals surface area contributed by atoms with Gasteiger partial charge in [0.1, 0.15) is 17.5 Å². The molecule has 2 aromatic rings. The highest BCUT2D eigenvalue weighted by Crippen LogP contribution is 2.32. The number of sulfonamides is 1. The summed E-state index contributed by atoms with van der Waals surface area (Å²) < 4.78 is 67.3. The largest absolute Gasteiger partial charge is 0.339 e. The molecule has 162 valence electrons. The van der Waals surface area contributed by atoms with Crippen molar-refractivity contribution in [2.45, 2.75) is 17.1 Å². The van der Waals surface area contributed by atoms with Gasteiger partial charge in [-0.25, -0.2) is 21.6 Å². The summed E-state index contributed by atoms with van der Waals surface area (Å²) in [6.07, 6.45) is 0. The predicted molar refractivity (Wildman–Crippen MR) is 109 cm³/mol. The van der Waals surface area contributed by atoms with E-state index < -0.39 is 32.7 Å². The van der Waals surface area contributed by atoms with Crippen molar-refractivity contribution in [1.29, 1.82) is 0 Å². The Kier molecular flexibility index (Phi) is 7.10. The van der Waals surface area contributed by atoms with Gasteiger partial charge in [-0.05, 0) is 43.3 Å². The molecular weight excluding hydrogens is 437 g/mol. The van der Waals surface area contributed by atoms with E-state index >= 15 is 0 Å². The lowest BCUT2D eigenvalue weighted by Crippen LogP contribution is -2.51. The lowest BCUT2D eigenvalue weighted by molar-refractivity contribution is -0.129. The Balaban J connectivity index is 1.54. The third-order valence-corrected chi connectivity index (χ3v) is 7.97. The van der Waals surface area contributed by atoms with Gasteiger partial charge in [-0.2, -0.15) is 4.31 Å². The molecule has 1 aliphatic heterocycles. The smallest absolute Gasteiger partial charge is 0.243 e. The van der Waals surface area contributed by atoms with E-state index in [2.05, 4.69) is 0 Å².